The van der Waals surface area contributed by atoms with Gasteiger partial charge in [-0.1, -0.05) is 0 Å². The second-order valence-corrected chi connectivity index (χ2v) is 3.68. The van der Waals surface area contributed by atoms with E-state index in [1.54, 1.807) is 0 Å². The molecule has 0 aromatic heterocycles. The molecule has 0 bridgehead atoms. The first-order valence-electron chi connectivity index (χ1n) is 1.53. The summed E-state index contributed by atoms with van der Waals surface area (Å²) in [7, 11) is -10.1. The Labute approximate surface area is 94.8 Å². The van der Waals surface area contributed by atoms with Crippen LogP contribution in [0.5, 0.6) is 0 Å². The van der Waals surface area contributed by atoms with Crippen LogP contribution in [-0.2, 0) is 30.5 Å². The van der Waals surface area contributed by atoms with Crippen molar-refractivity contribution in [1.82, 2.24) is 0 Å². The molecule has 11 heteroatoms. The topological polar surface area (TPSA) is 124 Å². The van der Waals surface area contributed by atoms with Crippen molar-refractivity contribution in [3.63, 3.8) is 0 Å². The third kappa shape index (κ3) is 18.6. The Morgan fingerprint density at radius 1 is 0.909 bits per heavy atom. The van der Waals surface area contributed by atoms with Crippen LogP contribution in [0, 0.1) is 0 Å². The second kappa shape index (κ2) is 6.27. The van der Waals surface area contributed by atoms with Crippen molar-refractivity contribution in [1.29, 1.82) is 0 Å². The van der Waals surface area contributed by atoms with E-state index in [-0.39, 0.29) is 46.6 Å². The number of phosphoric acid groups is 2. The fourth-order valence-electron chi connectivity index (χ4n) is 0.139. The molecule has 0 saturated heterocycles. The minimum absolute atomic E-state index is 0. The molecule has 0 atom stereocenters. The van der Waals surface area contributed by atoms with E-state index in [1.165, 1.54) is 0 Å². The van der Waals surface area contributed by atoms with E-state index in [9.17, 15) is 9.13 Å². The zero-order valence-electron chi connectivity index (χ0n) is 4.21. The Balaban J connectivity index is -0.000000320. The Morgan fingerprint density at radius 2 is 1.09 bits per heavy atom. The van der Waals surface area contributed by atoms with Gasteiger partial charge in [-0.05, 0) is 0 Å². The average Bonchev–Trinajstić information content (AvgIpc) is 1.14. The SMILES string of the molecule is O=P(O)(O)OP(=O)(O)O.[Cu].[NaH]. The van der Waals surface area contributed by atoms with E-state index in [4.69, 9.17) is 19.6 Å². The van der Waals surface area contributed by atoms with Gasteiger partial charge in [-0.25, -0.2) is 9.13 Å². The maximum atomic E-state index is 9.63. The summed E-state index contributed by atoms with van der Waals surface area (Å²) < 4.78 is 22.2. The summed E-state index contributed by atoms with van der Waals surface area (Å²) in [4.78, 5) is 31.0. The molecule has 0 aromatic carbocycles. The van der Waals surface area contributed by atoms with Crippen molar-refractivity contribution in [2.24, 2.45) is 0 Å². The van der Waals surface area contributed by atoms with Crippen LogP contribution in [0.15, 0.2) is 0 Å². The fraction of sp³-hybridized carbons (Fsp3) is 0. The molecule has 0 aliphatic carbocycles. The van der Waals surface area contributed by atoms with E-state index in [2.05, 4.69) is 4.31 Å². The van der Waals surface area contributed by atoms with Crippen LogP contribution in [0.3, 0.4) is 0 Å². The summed E-state index contributed by atoms with van der Waals surface area (Å²) in [5.74, 6) is 0. The average molecular weight is 266 g/mol. The van der Waals surface area contributed by atoms with Crippen molar-refractivity contribution in [3.8, 4) is 0 Å². The van der Waals surface area contributed by atoms with Crippen LogP contribution in [0.1, 0.15) is 0 Å². The molecule has 7 nitrogen and oxygen atoms in total. The number of rotatable bonds is 2. The summed E-state index contributed by atoms with van der Waals surface area (Å²) in [5.41, 5.74) is 0. The van der Waals surface area contributed by atoms with Gasteiger partial charge >= 0.3 is 45.2 Å². The second-order valence-electron chi connectivity index (χ2n) is 1.06. The number of hydrogen-bond acceptors (Lipinski definition) is 3. The van der Waals surface area contributed by atoms with Gasteiger partial charge in [0.25, 0.3) is 0 Å². The Hall–Kier alpha value is 1.78. The first-order valence-corrected chi connectivity index (χ1v) is 4.59. The predicted molar refractivity (Wildman–Crippen MR) is 32.3 cm³/mol. The van der Waals surface area contributed by atoms with Crippen LogP contribution in [-0.4, -0.2) is 49.1 Å². The van der Waals surface area contributed by atoms with Gasteiger partial charge in [0.15, 0.2) is 0 Å². The van der Waals surface area contributed by atoms with Crippen molar-refractivity contribution >= 4 is 45.2 Å². The van der Waals surface area contributed by atoms with E-state index < -0.39 is 15.6 Å². The molecular formula is H5CuNaO7P2. The summed E-state index contributed by atoms with van der Waals surface area (Å²) in [5, 5.41) is 0. The van der Waals surface area contributed by atoms with Gasteiger partial charge in [-0.2, -0.15) is 4.31 Å². The van der Waals surface area contributed by atoms with Gasteiger partial charge in [0.05, 0.1) is 0 Å². The Kier molecular flexibility index (Phi) is 10.6. The third-order valence-corrected chi connectivity index (χ3v) is 1.91. The molecule has 69 valence electrons. The zero-order valence-corrected chi connectivity index (χ0v) is 6.94. The Bertz CT molecular complexity index is 157. The van der Waals surface area contributed by atoms with Crippen molar-refractivity contribution in [2.75, 3.05) is 0 Å². The normalized spacial score (nSPS) is 11.3. The molecule has 0 heterocycles. The molecule has 0 rings (SSSR count). The van der Waals surface area contributed by atoms with Gasteiger partial charge in [0, 0.05) is 17.1 Å². The molecule has 0 saturated carbocycles. The summed E-state index contributed by atoms with van der Waals surface area (Å²) >= 11 is 0. The van der Waals surface area contributed by atoms with Crippen LogP contribution in [0.4, 0.5) is 0 Å². The maximum absolute atomic E-state index is 9.63. The van der Waals surface area contributed by atoms with Crippen LogP contribution < -0.4 is 0 Å². The van der Waals surface area contributed by atoms with Crippen molar-refractivity contribution < 1.29 is 50.1 Å². The third-order valence-electron chi connectivity index (χ3n) is 0.213. The fourth-order valence-corrected chi connectivity index (χ4v) is 1.25. The van der Waals surface area contributed by atoms with Gasteiger partial charge < -0.3 is 19.6 Å². The molecule has 11 heavy (non-hydrogen) atoms. The van der Waals surface area contributed by atoms with Crippen molar-refractivity contribution in [3.05, 3.63) is 0 Å². The van der Waals surface area contributed by atoms with E-state index >= 15 is 0 Å². The molecular weight excluding hydrogens is 260 g/mol. The van der Waals surface area contributed by atoms with Gasteiger partial charge in [0.1, 0.15) is 0 Å². The molecule has 0 spiro atoms. The van der Waals surface area contributed by atoms with E-state index in [0.717, 1.165) is 0 Å². The van der Waals surface area contributed by atoms with Crippen molar-refractivity contribution in [2.45, 2.75) is 0 Å². The molecule has 0 unspecified atom stereocenters. The van der Waals surface area contributed by atoms with Crippen LogP contribution in [0.2, 0.25) is 0 Å². The molecule has 1 radical (unpaired) electrons. The predicted octanol–water partition coefficient (Wildman–Crippen LogP) is -1.46. The van der Waals surface area contributed by atoms with Gasteiger partial charge in [-0.3, -0.25) is 0 Å². The number of hydrogen-bond donors (Lipinski definition) is 4. The van der Waals surface area contributed by atoms with Crippen LogP contribution >= 0.6 is 15.6 Å². The standard InChI is InChI=1S/Cu.Na.H4O7P2.H/c;;1-8(2,3)7-9(4,5)6;/h;;(H2,1,2,3)(H2,4,5,6);. The summed E-state index contributed by atoms with van der Waals surface area (Å²) in [6, 6.07) is 0. The van der Waals surface area contributed by atoms with E-state index in [1.807, 2.05) is 0 Å². The molecule has 4 N–H and O–H groups in total. The quantitative estimate of drug-likeness (QED) is 0.355. The first kappa shape index (κ1) is 18.5. The summed E-state index contributed by atoms with van der Waals surface area (Å²) in [6.45, 7) is 0. The molecule has 0 aromatic rings. The van der Waals surface area contributed by atoms with Gasteiger partial charge in [0.2, 0.25) is 0 Å². The monoisotopic (exact) mass is 265 g/mol. The summed E-state index contributed by atoms with van der Waals surface area (Å²) in [6.07, 6.45) is 0. The zero-order chi connectivity index (χ0) is 7.71. The molecule has 0 amide bonds. The molecule has 0 aliphatic rings. The van der Waals surface area contributed by atoms with Crippen LogP contribution in [0.25, 0.3) is 0 Å². The van der Waals surface area contributed by atoms with E-state index in [0.29, 0.717) is 0 Å². The minimum atomic E-state index is -5.05. The van der Waals surface area contributed by atoms with Gasteiger partial charge in [-0.15, -0.1) is 0 Å². The molecule has 0 fully saturated rings. The first-order chi connectivity index (χ1) is 3.71. The Morgan fingerprint density at radius 3 is 1.09 bits per heavy atom. The molecule has 0 aliphatic heterocycles.